The monoisotopic (exact) mass is 245 g/mol. The SMILES string of the molecule is CC(O)CN(CC(C)O)CC1(O)CCCCC1. The van der Waals surface area contributed by atoms with Gasteiger partial charge in [-0.3, -0.25) is 4.90 Å². The Hall–Kier alpha value is -0.160. The third-order valence-corrected chi connectivity index (χ3v) is 3.35. The van der Waals surface area contributed by atoms with Crippen LogP contribution >= 0.6 is 0 Å². The lowest BCUT2D eigenvalue weighted by molar-refractivity contribution is -0.0407. The second kappa shape index (κ2) is 6.69. The lowest BCUT2D eigenvalue weighted by atomic mass is 9.84. The molecule has 1 aliphatic carbocycles. The minimum absolute atomic E-state index is 0.430. The van der Waals surface area contributed by atoms with Gasteiger partial charge in [0.1, 0.15) is 0 Å². The molecule has 2 atom stereocenters. The van der Waals surface area contributed by atoms with Gasteiger partial charge in [-0.25, -0.2) is 0 Å². The average Bonchev–Trinajstić information content (AvgIpc) is 2.15. The summed E-state index contributed by atoms with van der Waals surface area (Å²) in [5.41, 5.74) is -0.623. The van der Waals surface area contributed by atoms with Crippen LogP contribution in [0.15, 0.2) is 0 Å². The highest BCUT2D eigenvalue weighted by Crippen LogP contribution is 2.28. The van der Waals surface area contributed by atoms with Gasteiger partial charge in [0.15, 0.2) is 0 Å². The molecular formula is C13H27NO3. The van der Waals surface area contributed by atoms with E-state index in [9.17, 15) is 15.3 Å². The summed E-state index contributed by atoms with van der Waals surface area (Å²) >= 11 is 0. The van der Waals surface area contributed by atoms with Crippen LogP contribution in [0.2, 0.25) is 0 Å². The van der Waals surface area contributed by atoms with Crippen molar-refractivity contribution in [3.05, 3.63) is 0 Å². The Labute approximate surface area is 104 Å². The van der Waals surface area contributed by atoms with E-state index in [-0.39, 0.29) is 0 Å². The quantitative estimate of drug-likeness (QED) is 0.646. The first-order chi connectivity index (χ1) is 7.91. The van der Waals surface area contributed by atoms with Gasteiger partial charge in [-0.1, -0.05) is 19.3 Å². The molecule has 1 saturated carbocycles. The fourth-order valence-electron chi connectivity index (χ4n) is 2.74. The highest BCUT2D eigenvalue weighted by molar-refractivity contribution is 4.86. The molecule has 102 valence electrons. The highest BCUT2D eigenvalue weighted by atomic mass is 16.3. The van der Waals surface area contributed by atoms with Crippen LogP contribution in [-0.2, 0) is 0 Å². The summed E-state index contributed by atoms with van der Waals surface area (Å²) in [6.45, 7) is 5.04. The maximum atomic E-state index is 10.5. The van der Waals surface area contributed by atoms with Crippen LogP contribution in [0.25, 0.3) is 0 Å². The van der Waals surface area contributed by atoms with Gasteiger partial charge >= 0.3 is 0 Å². The van der Waals surface area contributed by atoms with Crippen LogP contribution in [0.4, 0.5) is 0 Å². The summed E-state index contributed by atoms with van der Waals surface area (Å²) in [5.74, 6) is 0. The van der Waals surface area contributed by atoms with Crippen molar-refractivity contribution >= 4 is 0 Å². The number of aliphatic hydroxyl groups is 3. The topological polar surface area (TPSA) is 63.9 Å². The zero-order chi connectivity index (χ0) is 12.9. The van der Waals surface area contributed by atoms with Gasteiger partial charge in [-0.2, -0.15) is 0 Å². The predicted molar refractivity (Wildman–Crippen MR) is 67.8 cm³/mol. The largest absolute Gasteiger partial charge is 0.392 e. The minimum atomic E-state index is -0.623. The van der Waals surface area contributed by atoms with E-state index in [4.69, 9.17) is 0 Å². The van der Waals surface area contributed by atoms with Gasteiger partial charge in [0, 0.05) is 19.6 Å². The molecule has 0 heterocycles. The minimum Gasteiger partial charge on any atom is -0.392 e. The van der Waals surface area contributed by atoms with Crippen molar-refractivity contribution in [2.24, 2.45) is 0 Å². The Morgan fingerprint density at radius 2 is 1.47 bits per heavy atom. The van der Waals surface area contributed by atoms with Gasteiger partial charge in [-0.05, 0) is 26.7 Å². The van der Waals surface area contributed by atoms with Crippen molar-refractivity contribution in [3.8, 4) is 0 Å². The number of hydrogen-bond acceptors (Lipinski definition) is 4. The molecular weight excluding hydrogens is 218 g/mol. The summed E-state index contributed by atoms with van der Waals surface area (Å²) in [6.07, 6.45) is 4.17. The smallest absolute Gasteiger partial charge is 0.0774 e. The number of aliphatic hydroxyl groups excluding tert-OH is 2. The van der Waals surface area contributed by atoms with E-state index >= 15 is 0 Å². The van der Waals surface area contributed by atoms with Crippen molar-refractivity contribution in [2.75, 3.05) is 19.6 Å². The van der Waals surface area contributed by atoms with E-state index in [1.807, 2.05) is 4.90 Å². The summed E-state index contributed by atoms with van der Waals surface area (Å²) in [7, 11) is 0. The fraction of sp³-hybridized carbons (Fsp3) is 1.00. The molecule has 0 bridgehead atoms. The van der Waals surface area contributed by atoms with E-state index in [0.717, 1.165) is 25.7 Å². The Morgan fingerprint density at radius 3 is 1.88 bits per heavy atom. The zero-order valence-corrected chi connectivity index (χ0v) is 11.1. The van der Waals surface area contributed by atoms with Crippen molar-refractivity contribution in [1.29, 1.82) is 0 Å². The van der Waals surface area contributed by atoms with E-state index < -0.39 is 17.8 Å². The van der Waals surface area contributed by atoms with Crippen molar-refractivity contribution in [3.63, 3.8) is 0 Å². The lowest BCUT2D eigenvalue weighted by Crippen LogP contribution is -2.48. The van der Waals surface area contributed by atoms with Crippen LogP contribution in [0.1, 0.15) is 46.0 Å². The van der Waals surface area contributed by atoms with Crippen LogP contribution in [0, 0.1) is 0 Å². The second-order valence-electron chi connectivity index (χ2n) is 5.68. The van der Waals surface area contributed by atoms with E-state index in [1.165, 1.54) is 6.42 Å². The fourth-order valence-corrected chi connectivity index (χ4v) is 2.74. The molecule has 0 aromatic rings. The van der Waals surface area contributed by atoms with Crippen molar-refractivity contribution < 1.29 is 15.3 Å². The Bertz CT molecular complexity index is 203. The van der Waals surface area contributed by atoms with Crippen LogP contribution in [0.3, 0.4) is 0 Å². The first-order valence-electron chi connectivity index (χ1n) is 6.72. The predicted octanol–water partition coefficient (Wildman–Crippen LogP) is 0.745. The van der Waals surface area contributed by atoms with E-state index in [1.54, 1.807) is 13.8 Å². The molecule has 0 aromatic heterocycles. The van der Waals surface area contributed by atoms with Gasteiger partial charge in [0.05, 0.1) is 17.8 Å². The molecule has 0 amide bonds. The average molecular weight is 245 g/mol. The number of nitrogens with zero attached hydrogens (tertiary/aromatic N) is 1. The molecule has 4 heteroatoms. The standard InChI is InChI=1S/C13H27NO3/c1-11(15)8-14(9-12(2)16)10-13(17)6-4-3-5-7-13/h11-12,15-17H,3-10H2,1-2H3. The van der Waals surface area contributed by atoms with Crippen LogP contribution < -0.4 is 0 Å². The van der Waals surface area contributed by atoms with E-state index in [2.05, 4.69) is 0 Å². The lowest BCUT2D eigenvalue weighted by Gasteiger charge is -2.37. The van der Waals surface area contributed by atoms with Crippen molar-refractivity contribution in [2.45, 2.75) is 63.8 Å². The Morgan fingerprint density at radius 1 is 1.00 bits per heavy atom. The Kier molecular flexibility index (Phi) is 5.86. The normalized spacial score (nSPS) is 23.6. The third kappa shape index (κ3) is 5.82. The van der Waals surface area contributed by atoms with Crippen LogP contribution in [-0.4, -0.2) is 57.7 Å². The summed E-state index contributed by atoms with van der Waals surface area (Å²) in [6, 6.07) is 0. The van der Waals surface area contributed by atoms with Gasteiger partial charge in [0.25, 0.3) is 0 Å². The van der Waals surface area contributed by atoms with Crippen molar-refractivity contribution in [1.82, 2.24) is 4.90 Å². The highest BCUT2D eigenvalue weighted by Gasteiger charge is 2.31. The molecule has 1 fully saturated rings. The molecule has 0 aliphatic heterocycles. The molecule has 3 N–H and O–H groups in total. The second-order valence-corrected chi connectivity index (χ2v) is 5.68. The zero-order valence-electron chi connectivity index (χ0n) is 11.1. The van der Waals surface area contributed by atoms with Gasteiger partial charge in [-0.15, -0.1) is 0 Å². The maximum Gasteiger partial charge on any atom is 0.0774 e. The molecule has 0 spiro atoms. The van der Waals surface area contributed by atoms with Crippen LogP contribution in [0.5, 0.6) is 0 Å². The first kappa shape index (κ1) is 14.9. The molecule has 0 saturated heterocycles. The molecule has 0 radical (unpaired) electrons. The summed E-state index contributed by atoms with van der Waals surface area (Å²) in [4.78, 5) is 1.97. The molecule has 2 unspecified atom stereocenters. The van der Waals surface area contributed by atoms with Gasteiger partial charge in [0.2, 0.25) is 0 Å². The maximum absolute atomic E-state index is 10.5. The number of hydrogen-bond donors (Lipinski definition) is 3. The summed E-state index contributed by atoms with van der Waals surface area (Å²) in [5, 5.41) is 29.4. The third-order valence-electron chi connectivity index (χ3n) is 3.35. The van der Waals surface area contributed by atoms with E-state index in [0.29, 0.717) is 19.6 Å². The Balaban J connectivity index is 2.50. The molecule has 1 rings (SSSR count). The first-order valence-corrected chi connectivity index (χ1v) is 6.72. The molecule has 0 aromatic carbocycles. The number of rotatable bonds is 6. The molecule has 4 nitrogen and oxygen atoms in total. The molecule has 17 heavy (non-hydrogen) atoms. The van der Waals surface area contributed by atoms with Gasteiger partial charge < -0.3 is 15.3 Å². The molecule has 1 aliphatic rings. The summed E-state index contributed by atoms with van der Waals surface area (Å²) < 4.78 is 0.